The average Bonchev–Trinajstić information content (AvgIpc) is 3.02. The fraction of sp³-hybridized carbons (Fsp3) is 0.500. The van der Waals surface area contributed by atoms with Crippen molar-refractivity contribution in [2.45, 2.75) is 44.9 Å². The van der Waals surface area contributed by atoms with Gasteiger partial charge in [0.15, 0.2) is 0 Å². The Morgan fingerprint density at radius 1 is 1.29 bits per heavy atom. The number of rotatable bonds is 4. The Bertz CT molecular complexity index is 691. The summed E-state index contributed by atoms with van der Waals surface area (Å²) < 4.78 is 18.5. The summed E-state index contributed by atoms with van der Waals surface area (Å²) in [6.45, 7) is 5.20. The van der Waals surface area contributed by atoms with Crippen molar-refractivity contribution in [1.82, 2.24) is 15.1 Å². The Kier molecular flexibility index (Phi) is 4.92. The molecule has 128 valence electrons. The van der Waals surface area contributed by atoms with Crippen LogP contribution >= 0.6 is 0 Å². The smallest absolute Gasteiger partial charge is 0.223 e. The van der Waals surface area contributed by atoms with Gasteiger partial charge >= 0.3 is 0 Å². The molecule has 1 aliphatic rings. The molecule has 1 saturated heterocycles. The summed E-state index contributed by atoms with van der Waals surface area (Å²) in [4.78, 5) is 14.4. The third kappa shape index (κ3) is 3.80. The van der Waals surface area contributed by atoms with E-state index in [2.05, 4.69) is 10.2 Å². The number of likely N-dealkylation sites (tertiary alicyclic amines) is 1. The summed E-state index contributed by atoms with van der Waals surface area (Å²) in [5, 5.41) is 7.95. The van der Waals surface area contributed by atoms with Crippen molar-refractivity contribution in [3.8, 4) is 0 Å². The molecule has 24 heavy (non-hydrogen) atoms. The standard InChI is InChI=1S/C18H22FN3O2/c1-12(14-3-5-16(19)6-4-14)11-17(23)22-9-7-15(8-10-22)18-21-20-13(2)24-18/h3-6,12,15H,7-11H2,1-2H3. The zero-order valence-electron chi connectivity index (χ0n) is 14.0. The molecule has 1 amide bonds. The van der Waals surface area contributed by atoms with Gasteiger partial charge in [-0.05, 0) is 36.5 Å². The first-order valence-corrected chi connectivity index (χ1v) is 8.36. The molecule has 3 rings (SSSR count). The molecule has 1 aliphatic heterocycles. The lowest BCUT2D eigenvalue weighted by atomic mass is 9.94. The van der Waals surface area contributed by atoms with Gasteiger partial charge in [0.25, 0.3) is 0 Å². The summed E-state index contributed by atoms with van der Waals surface area (Å²) in [6, 6.07) is 6.37. The van der Waals surface area contributed by atoms with Crippen LogP contribution in [0.25, 0.3) is 0 Å². The Balaban J connectivity index is 1.52. The summed E-state index contributed by atoms with van der Waals surface area (Å²) in [5.74, 6) is 1.47. The largest absolute Gasteiger partial charge is 0.425 e. The fourth-order valence-corrected chi connectivity index (χ4v) is 3.15. The second-order valence-corrected chi connectivity index (χ2v) is 6.47. The van der Waals surface area contributed by atoms with E-state index in [9.17, 15) is 9.18 Å². The van der Waals surface area contributed by atoms with Crippen LogP contribution in [0, 0.1) is 12.7 Å². The van der Waals surface area contributed by atoms with Gasteiger partial charge in [-0.15, -0.1) is 10.2 Å². The van der Waals surface area contributed by atoms with Crippen LogP contribution in [-0.2, 0) is 4.79 Å². The van der Waals surface area contributed by atoms with Crippen molar-refractivity contribution in [3.63, 3.8) is 0 Å². The molecule has 6 heteroatoms. The molecule has 0 bridgehead atoms. The Morgan fingerprint density at radius 3 is 2.54 bits per heavy atom. The number of aromatic nitrogens is 2. The molecule has 1 aromatic heterocycles. The van der Waals surface area contributed by atoms with E-state index in [0.29, 0.717) is 31.3 Å². The number of benzene rings is 1. The third-order valence-corrected chi connectivity index (χ3v) is 4.66. The highest BCUT2D eigenvalue weighted by atomic mass is 19.1. The molecular weight excluding hydrogens is 309 g/mol. The number of carbonyl (C=O) groups excluding carboxylic acids is 1. The predicted molar refractivity (Wildman–Crippen MR) is 87.0 cm³/mol. The highest BCUT2D eigenvalue weighted by Gasteiger charge is 2.27. The van der Waals surface area contributed by atoms with Crippen molar-refractivity contribution in [3.05, 3.63) is 47.4 Å². The zero-order chi connectivity index (χ0) is 17.1. The van der Waals surface area contributed by atoms with Crippen molar-refractivity contribution in [2.75, 3.05) is 13.1 Å². The van der Waals surface area contributed by atoms with Gasteiger partial charge < -0.3 is 9.32 Å². The maximum atomic E-state index is 13.0. The van der Waals surface area contributed by atoms with Crippen LogP contribution in [0.3, 0.4) is 0 Å². The molecular formula is C18H22FN3O2. The van der Waals surface area contributed by atoms with Gasteiger partial charge in [0.1, 0.15) is 5.82 Å². The van der Waals surface area contributed by atoms with Gasteiger partial charge in [0, 0.05) is 32.4 Å². The molecule has 0 radical (unpaired) electrons. The van der Waals surface area contributed by atoms with Crippen molar-refractivity contribution >= 4 is 5.91 Å². The number of hydrogen-bond acceptors (Lipinski definition) is 4. The molecule has 1 aromatic carbocycles. The lowest BCUT2D eigenvalue weighted by Gasteiger charge is -2.31. The Hall–Kier alpha value is -2.24. The lowest BCUT2D eigenvalue weighted by Crippen LogP contribution is -2.38. The first kappa shape index (κ1) is 16.6. The van der Waals surface area contributed by atoms with Crippen LogP contribution in [0.5, 0.6) is 0 Å². The number of hydrogen-bond donors (Lipinski definition) is 0. The fourth-order valence-electron chi connectivity index (χ4n) is 3.15. The number of amides is 1. The summed E-state index contributed by atoms with van der Waals surface area (Å²) >= 11 is 0. The van der Waals surface area contributed by atoms with Gasteiger partial charge in [0.05, 0.1) is 0 Å². The SMILES string of the molecule is Cc1nnc(C2CCN(C(=O)CC(C)c3ccc(F)cc3)CC2)o1. The van der Waals surface area contributed by atoms with Crippen LogP contribution < -0.4 is 0 Å². The van der Waals surface area contributed by atoms with E-state index >= 15 is 0 Å². The molecule has 2 aromatic rings. The highest BCUT2D eigenvalue weighted by molar-refractivity contribution is 5.77. The van der Waals surface area contributed by atoms with Crippen molar-refractivity contribution < 1.29 is 13.6 Å². The molecule has 1 unspecified atom stereocenters. The summed E-state index contributed by atoms with van der Waals surface area (Å²) in [5.41, 5.74) is 0.987. The minimum absolute atomic E-state index is 0.0782. The van der Waals surface area contributed by atoms with Gasteiger partial charge in [-0.1, -0.05) is 19.1 Å². The molecule has 5 nitrogen and oxygen atoms in total. The molecule has 0 N–H and O–H groups in total. The molecule has 0 aliphatic carbocycles. The number of piperidine rings is 1. The first-order chi connectivity index (χ1) is 11.5. The summed E-state index contributed by atoms with van der Waals surface area (Å²) in [7, 11) is 0. The van der Waals surface area contributed by atoms with E-state index < -0.39 is 0 Å². The highest BCUT2D eigenvalue weighted by Crippen LogP contribution is 2.28. The third-order valence-electron chi connectivity index (χ3n) is 4.66. The van der Waals surface area contributed by atoms with Gasteiger partial charge in [-0.2, -0.15) is 0 Å². The maximum absolute atomic E-state index is 13.0. The van der Waals surface area contributed by atoms with Gasteiger partial charge in [-0.3, -0.25) is 4.79 Å². The molecule has 0 spiro atoms. The second-order valence-electron chi connectivity index (χ2n) is 6.47. The minimum atomic E-state index is -0.254. The molecule has 0 saturated carbocycles. The van der Waals surface area contributed by atoms with Crippen LogP contribution in [0.4, 0.5) is 4.39 Å². The Morgan fingerprint density at radius 2 is 1.96 bits per heavy atom. The normalized spacial score (nSPS) is 17.0. The lowest BCUT2D eigenvalue weighted by molar-refractivity contribution is -0.132. The second kappa shape index (κ2) is 7.11. The maximum Gasteiger partial charge on any atom is 0.223 e. The molecule has 2 heterocycles. The van der Waals surface area contributed by atoms with Crippen LogP contribution in [0.15, 0.2) is 28.7 Å². The van der Waals surface area contributed by atoms with E-state index in [1.165, 1.54) is 12.1 Å². The summed E-state index contributed by atoms with van der Waals surface area (Å²) in [6.07, 6.45) is 2.13. The van der Waals surface area contributed by atoms with Crippen LogP contribution in [0.2, 0.25) is 0 Å². The van der Waals surface area contributed by atoms with E-state index in [1.807, 2.05) is 11.8 Å². The zero-order valence-corrected chi connectivity index (χ0v) is 14.0. The molecule has 1 fully saturated rings. The Labute approximate surface area is 140 Å². The topological polar surface area (TPSA) is 59.2 Å². The van der Waals surface area contributed by atoms with E-state index in [0.717, 1.165) is 18.4 Å². The van der Waals surface area contributed by atoms with Crippen molar-refractivity contribution in [1.29, 1.82) is 0 Å². The van der Waals surface area contributed by atoms with E-state index in [1.54, 1.807) is 19.1 Å². The van der Waals surface area contributed by atoms with E-state index in [4.69, 9.17) is 4.42 Å². The van der Waals surface area contributed by atoms with Crippen LogP contribution in [-0.4, -0.2) is 34.1 Å². The van der Waals surface area contributed by atoms with E-state index in [-0.39, 0.29) is 23.6 Å². The number of halogens is 1. The van der Waals surface area contributed by atoms with Crippen LogP contribution in [0.1, 0.15) is 55.4 Å². The minimum Gasteiger partial charge on any atom is -0.425 e. The van der Waals surface area contributed by atoms with Gasteiger partial charge in [-0.25, -0.2) is 4.39 Å². The number of carbonyl (C=O) groups is 1. The quantitative estimate of drug-likeness (QED) is 0.861. The first-order valence-electron chi connectivity index (χ1n) is 8.36. The molecule has 1 atom stereocenters. The average molecular weight is 331 g/mol. The predicted octanol–water partition coefficient (Wildman–Crippen LogP) is 3.42. The monoisotopic (exact) mass is 331 g/mol. The number of nitrogens with zero attached hydrogens (tertiary/aromatic N) is 3. The van der Waals surface area contributed by atoms with Crippen molar-refractivity contribution in [2.24, 2.45) is 0 Å². The number of aryl methyl sites for hydroxylation is 1. The van der Waals surface area contributed by atoms with Gasteiger partial charge in [0.2, 0.25) is 17.7 Å².